The molecule has 0 saturated heterocycles. The Labute approximate surface area is 129 Å². The van der Waals surface area contributed by atoms with E-state index < -0.39 is 11.7 Å². The highest BCUT2D eigenvalue weighted by atomic mass is 79.9. The molecule has 6 heteroatoms. The molecule has 0 aliphatic rings. The second-order valence-corrected chi connectivity index (χ2v) is 5.22. The first-order valence-corrected chi connectivity index (χ1v) is 7.41. The summed E-state index contributed by atoms with van der Waals surface area (Å²) in [4.78, 5) is 5.70. The van der Waals surface area contributed by atoms with Crippen molar-refractivity contribution in [2.24, 2.45) is 0 Å². The van der Waals surface area contributed by atoms with Gasteiger partial charge in [0.05, 0.1) is 17.8 Å². The van der Waals surface area contributed by atoms with Gasteiger partial charge in [0.2, 0.25) is 0 Å². The van der Waals surface area contributed by atoms with Crippen molar-refractivity contribution in [1.29, 1.82) is 0 Å². The Morgan fingerprint density at radius 2 is 1.95 bits per heavy atom. The Kier molecular flexibility index (Phi) is 4.88. The molecule has 21 heavy (non-hydrogen) atoms. The number of rotatable bonds is 4. The molecule has 0 aliphatic carbocycles. The first kappa shape index (κ1) is 15.8. The minimum atomic E-state index is -4.38. The van der Waals surface area contributed by atoms with Crippen LogP contribution in [0.1, 0.15) is 16.8 Å². The van der Waals surface area contributed by atoms with Gasteiger partial charge < -0.3 is 4.90 Å². The number of anilines is 1. The summed E-state index contributed by atoms with van der Waals surface area (Å²) >= 11 is 3.18. The first-order valence-electron chi connectivity index (χ1n) is 6.29. The smallest absolute Gasteiger partial charge is 0.368 e. The third kappa shape index (κ3) is 3.97. The van der Waals surface area contributed by atoms with Gasteiger partial charge in [-0.1, -0.05) is 28.1 Å². The highest BCUT2D eigenvalue weighted by Gasteiger charge is 2.34. The molecular weight excluding hydrogens is 345 g/mol. The van der Waals surface area contributed by atoms with Crippen LogP contribution in [-0.4, -0.2) is 12.0 Å². The standard InChI is InChI=1S/C15H14BrF3N2/c1-21(10-12-4-2-3-7-20-12)14-6-5-11(9-16)8-13(14)15(17,18)19/h2-8H,9-10H2,1H3. The highest BCUT2D eigenvalue weighted by Crippen LogP contribution is 2.37. The van der Waals surface area contributed by atoms with Gasteiger partial charge in [-0.05, 0) is 29.8 Å². The Balaban J connectivity index is 2.34. The van der Waals surface area contributed by atoms with Crippen LogP contribution in [0, 0.1) is 0 Å². The maximum atomic E-state index is 13.2. The summed E-state index contributed by atoms with van der Waals surface area (Å²) in [6, 6.07) is 9.75. The fraction of sp³-hybridized carbons (Fsp3) is 0.267. The lowest BCUT2D eigenvalue weighted by molar-refractivity contribution is -0.137. The van der Waals surface area contributed by atoms with Crippen LogP contribution < -0.4 is 4.90 Å². The maximum absolute atomic E-state index is 13.2. The Hall–Kier alpha value is -1.56. The van der Waals surface area contributed by atoms with Gasteiger partial charge in [0.15, 0.2) is 0 Å². The zero-order valence-corrected chi connectivity index (χ0v) is 12.9. The van der Waals surface area contributed by atoms with E-state index in [1.807, 2.05) is 6.07 Å². The lowest BCUT2D eigenvalue weighted by Gasteiger charge is -2.23. The largest absolute Gasteiger partial charge is 0.418 e. The first-order chi connectivity index (χ1) is 9.91. The number of nitrogens with zero attached hydrogens (tertiary/aromatic N) is 2. The molecule has 2 rings (SSSR count). The van der Waals surface area contributed by atoms with Crippen LogP contribution >= 0.6 is 15.9 Å². The van der Waals surface area contributed by atoms with Gasteiger partial charge in [-0.3, -0.25) is 4.98 Å². The van der Waals surface area contributed by atoms with Crippen molar-refractivity contribution < 1.29 is 13.2 Å². The zero-order chi connectivity index (χ0) is 15.5. The number of pyridine rings is 1. The van der Waals surface area contributed by atoms with Crippen molar-refractivity contribution >= 4 is 21.6 Å². The summed E-state index contributed by atoms with van der Waals surface area (Å²) in [6.07, 6.45) is -2.76. The summed E-state index contributed by atoms with van der Waals surface area (Å²) in [5, 5.41) is 0.389. The molecule has 0 spiro atoms. The third-order valence-corrected chi connectivity index (χ3v) is 3.70. The van der Waals surface area contributed by atoms with Crippen molar-refractivity contribution in [2.75, 3.05) is 11.9 Å². The average Bonchev–Trinajstić information content (AvgIpc) is 2.46. The Bertz CT molecular complexity index is 600. The van der Waals surface area contributed by atoms with Gasteiger partial charge in [0, 0.05) is 24.3 Å². The van der Waals surface area contributed by atoms with Crippen molar-refractivity contribution in [3.8, 4) is 0 Å². The molecule has 2 nitrogen and oxygen atoms in total. The Morgan fingerprint density at radius 1 is 1.19 bits per heavy atom. The minimum Gasteiger partial charge on any atom is -0.368 e. The summed E-state index contributed by atoms with van der Waals surface area (Å²) in [5.74, 6) is 0. The minimum absolute atomic E-state index is 0.151. The molecule has 0 aliphatic heterocycles. The second kappa shape index (κ2) is 6.47. The van der Waals surface area contributed by atoms with Crippen molar-refractivity contribution in [3.63, 3.8) is 0 Å². The van der Waals surface area contributed by atoms with E-state index in [1.165, 1.54) is 12.1 Å². The van der Waals surface area contributed by atoms with Crippen LogP contribution in [-0.2, 0) is 18.1 Å². The van der Waals surface area contributed by atoms with E-state index in [0.29, 0.717) is 17.4 Å². The highest BCUT2D eigenvalue weighted by molar-refractivity contribution is 9.08. The third-order valence-electron chi connectivity index (χ3n) is 3.06. The molecule has 112 valence electrons. The molecule has 0 amide bonds. The lowest BCUT2D eigenvalue weighted by atomic mass is 10.1. The van der Waals surface area contributed by atoms with E-state index in [-0.39, 0.29) is 5.69 Å². The van der Waals surface area contributed by atoms with Crippen LogP contribution in [0.15, 0.2) is 42.6 Å². The van der Waals surface area contributed by atoms with Crippen LogP contribution in [0.25, 0.3) is 0 Å². The number of aromatic nitrogens is 1. The predicted molar refractivity (Wildman–Crippen MR) is 80.4 cm³/mol. The van der Waals surface area contributed by atoms with E-state index in [0.717, 1.165) is 5.69 Å². The predicted octanol–water partition coefficient (Wildman–Crippen LogP) is 4.63. The van der Waals surface area contributed by atoms with Crippen LogP contribution in [0.3, 0.4) is 0 Å². The van der Waals surface area contributed by atoms with Crippen LogP contribution in [0.5, 0.6) is 0 Å². The van der Waals surface area contributed by atoms with Gasteiger partial charge in [-0.25, -0.2) is 0 Å². The molecule has 0 N–H and O–H groups in total. The van der Waals surface area contributed by atoms with Gasteiger partial charge in [-0.15, -0.1) is 0 Å². The molecular formula is C15H14BrF3N2. The average molecular weight is 359 g/mol. The summed E-state index contributed by atoms with van der Waals surface area (Å²) in [6.45, 7) is 0.317. The SMILES string of the molecule is CN(Cc1ccccn1)c1ccc(CBr)cc1C(F)(F)F. The van der Waals surface area contributed by atoms with Crippen molar-refractivity contribution in [2.45, 2.75) is 18.1 Å². The van der Waals surface area contributed by atoms with Gasteiger partial charge in [0.25, 0.3) is 0 Å². The number of alkyl halides is 4. The van der Waals surface area contributed by atoms with Gasteiger partial charge in [0.1, 0.15) is 0 Å². The number of halogens is 4. The van der Waals surface area contributed by atoms with Gasteiger partial charge >= 0.3 is 6.18 Å². The fourth-order valence-electron chi connectivity index (χ4n) is 2.05. The van der Waals surface area contributed by atoms with Crippen molar-refractivity contribution in [3.05, 3.63) is 59.4 Å². The molecule has 2 aromatic rings. The molecule has 0 bridgehead atoms. The van der Waals surface area contributed by atoms with Crippen LogP contribution in [0.4, 0.5) is 18.9 Å². The molecule has 1 heterocycles. The molecule has 1 aromatic heterocycles. The van der Waals surface area contributed by atoms with Crippen molar-refractivity contribution in [1.82, 2.24) is 4.98 Å². The van der Waals surface area contributed by atoms with Crippen LogP contribution in [0.2, 0.25) is 0 Å². The topological polar surface area (TPSA) is 16.1 Å². The maximum Gasteiger partial charge on any atom is 0.418 e. The normalized spacial score (nSPS) is 11.5. The van der Waals surface area contributed by atoms with E-state index in [1.54, 1.807) is 36.3 Å². The second-order valence-electron chi connectivity index (χ2n) is 4.66. The summed E-state index contributed by atoms with van der Waals surface area (Å²) < 4.78 is 39.6. The fourth-order valence-corrected chi connectivity index (χ4v) is 2.39. The molecule has 0 radical (unpaired) electrons. The monoisotopic (exact) mass is 358 g/mol. The number of hydrogen-bond acceptors (Lipinski definition) is 2. The van der Waals surface area contributed by atoms with Gasteiger partial charge in [-0.2, -0.15) is 13.2 Å². The molecule has 0 fully saturated rings. The lowest BCUT2D eigenvalue weighted by Crippen LogP contribution is -2.21. The van der Waals surface area contributed by atoms with E-state index in [9.17, 15) is 13.2 Å². The number of benzene rings is 1. The Morgan fingerprint density at radius 3 is 2.52 bits per heavy atom. The molecule has 1 aromatic carbocycles. The molecule has 0 atom stereocenters. The van der Waals surface area contributed by atoms with E-state index >= 15 is 0 Å². The molecule has 0 saturated carbocycles. The number of hydrogen-bond donors (Lipinski definition) is 0. The summed E-state index contributed by atoms with van der Waals surface area (Å²) in [5.41, 5.74) is 0.839. The molecule has 0 unspecified atom stereocenters. The van der Waals surface area contributed by atoms with E-state index in [2.05, 4.69) is 20.9 Å². The summed E-state index contributed by atoms with van der Waals surface area (Å²) in [7, 11) is 1.63. The zero-order valence-electron chi connectivity index (χ0n) is 11.4. The van der Waals surface area contributed by atoms with E-state index in [4.69, 9.17) is 0 Å². The quantitative estimate of drug-likeness (QED) is 0.740.